The summed E-state index contributed by atoms with van der Waals surface area (Å²) in [6.45, 7) is 2.45. The summed E-state index contributed by atoms with van der Waals surface area (Å²) in [6.07, 6.45) is -4.40. The predicted octanol–water partition coefficient (Wildman–Crippen LogP) is 5.06. The molecule has 0 bridgehead atoms. The van der Waals surface area contributed by atoms with Crippen LogP contribution < -0.4 is 9.82 Å². The Morgan fingerprint density at radius 1 is 1.41 bits per heavy atom. The zero-order chi connectivity index (χ0) is 16.0. The first kappa shape index (κ1) is 17.7. The fraction of sp³-hybridized carbons (Fsp3) is 0.455. The van der Waals surface area contributed by atoms with Crippen LogP contribution in [0.15, 0.2) is 33.5 Å². The summed E-state index contributed by atoms with van der Waals surface area (Å²) >= 11 is 0. The van der Waals surface area contributed by atoms with Gasteiger partial charge in [-0.3, -0.25) is 0 Å². The number of hydrogen-bond donors (Lipinski definition) is 1. The molecule has 0 fully saturated rings. The molecule has 1 N–H and O–H groups in total. The molecule has 2 rings (SSSR count). The lowest BCUT2D eigenvalue weighted by Crippen LogP contribution is -2.19. The summed E-state index contributed by atoms with van der Waals surface area (Å²) in [5.74, 6) is -0.711. The van der Waals surface area contributed by atoms with Crippen molar-refractivity contribution in [2.75, 3.05) is 6.61 Å². The van der Waals surface area contributed by atoms with Crippen molar-refractivity contribution in [2.45, 2.75) is 25.0 Å². The van der Waals surface area contributed by atoms with Crippen molar-refractivity contribution in [1.82, 2.24) is 5.09 Å². The van der Waals surface area contributed by atoms with Crippen molar-refractivity contribution in [3.63, 3.8) is 0 Å². The van der Waals surface area contributed by atoms with Crippen LogP contribution in [0.2, 0.25) is 0 Å². The number of nitrogens with zero attached hydrogens (tertiary/aromatic N) is 2. The lowest BCUT2D eigenvalue weighted by Gasteiger charge is -2.16. The normalized spacial score (nSPS) is 24.7. The van der Waals surface area contributed by atoms with E-state index in [1.165, 1.54) is 12.1 Å². The van der Waals surface area contributed by atoms with Crippen molar-refractivity contribution < 1.29 is 22.6 Å². The van der Waals surface area contributed by atoms with Gasteiger partial charge in [0.15, 0.2) is 5.97 Å². The average Bonchev–Trinajstić information content (AvgIpc) is 2.43. The quantitative estimate of drug-likeness (QED) is 0.755. The van der Waals surface area contributed by atoms with Crippen LogP contribution in [0.25, 0.3) is 0 Å². The summed E-state index contributed by atoms with van der Waals surface area (Å²) in [6, 6.07) is 4.73. The molecule has 3 atom stereocenters. The van der Waals surface area contributed by atoms with Crippen molar-refractivity contribution in [2.24, 2.45) is 9.26 Å². The maximum atomic E-state index is 12.7. The van der Waals surface area contributed by atoms with Crippen LogP contribution in [0.1, 0.15) is 12.5 Å². The second-order valence-electron chi connectivity index (χ2n) is 3.99. The molecular weight excluding hydrogens is 356 g/mol. The number of alkyl halides is 3. The fourth-order valence-corrected chi connectivity index (χ4v) is 4.11. The van der Waals surface area contributed by atoms with Crippen LogP contribution in [-0.2, 0) is 10.9 Å². The Labute approximate surface area is 130 Å². The number of hydrogen-bond acceptors (Lipinski definition) is 5. The van der Waals surface area contributed by atoms with Gasteiger partial charge in [-0.2, -0.15) is 17.9 Å². The van der Waals surface area contributed by atoms with Gasteiger partial charge in [0.25, 0.3) is 5.97 Å². The summed E-state index contributed by atoms with van der Waals surface area (Å²) in [4.78, 5) is 0. The van der Waals surface area contributed by atoms with Gasteiger partial charge in [-0.15, -0.1) is 0 Å². The summed E-state index contributed by atoms with van der Waals surface area (Å²) in [5, 5.41) is 3.01. The van der Waals surface area contributed by atoms with E-state index in [1.807, 2.05) is 6.92 Å². The molecule has 0 saturated carbocycles. The Bertz CT molecular complexity index is 541. The third-order valence-electron chi connectivity index (χ3n) is 2.40. The van der Waals surface area contributed by atoms with Gasteiger partial charge in [0.2, 0.25) is 0 Å². The van der Waals surface area contributed by atoms with Crippen LogP contribution in [-0.4, -0.2) is 18.5 Å². The summed E-state index contributed by atoms with van der Waals surface area (Å²) in [5.41, 5.74) is -0.751. The Morgan fingerprint density at radius 3 is 2.95 bits per heavy atom. The van der Waals surface area contributed by atoms with Gasteiger partial charge in [0, 0.05) is 6.61 Å². The first-order chi connectivity index (χ1) is 10.5. The van der Waals surface area contributed by atoms with Crippen LogP contribution >= 0.6 is 25.6 Å². The van der Waals surface area contributed by atoms with Gasteiger partial charge >= 0.3 is 6.18 Å². The minimum absolute atomic E-state index is 0.117. The molecule has 11 heteroatoms. The highest BCUT2D eigenvalue weighted by atomic mass is 31.1. The highest BCUT2D eigenvalue weighted by molar-refractivity contribution is 7.46. The maximum absolute atomic E-state index is 12.7. The molecule has 0 saturated heterocycles. The molecule has 1 aromatic rings. The van der Waals surface area contributed by atoms with Gasteiger partial charge in [-0.25, -0.2) is 9.60 Å². The van der Waals surface area contributed by atoms with Gasteiger partial charge in [-0.05, 0) is 25.1 Å². The molecule has 3 unspecified atom stereocenters. The highest BCUT2D eigenvalue weighted by Gasteiger charge is 2.30. The molecule has 22 heavy (non-hydrogen) atoms. The van der Waals surface area contributed by atoms with E-state index in [-0.39, 0.29) is 20.4 Å². The molecule has 1 heterocycles. The molecule has 5 nitrogen and oxygen atoms in total. The monoisotopic (exact) mass is 369 g/mol. The molecule has 1 aromatic carbocycles. The van der Waals surface area contributed by atoms with Gasteiger partial charge in [0.1, 0.15) is 5.75 Å². The number of halogens is 3. The van der Waals surface area contributed by atoms with E-state index in [4.69, 9.17) is 9.47 Å². The Kier molecular flexibility index (Phi) is 6.66. The van der Waals surface area contributed by atoms with Crippen LogP contribution in [0.3, 0.4) is 0 Å². The third kappa shape index (κ3) is 5.53. The molecule has 1 aliphatic rings. The number of ether oxygens (including phenoxy) is 2. The van der Waals surface area contributed by atoms with E-state index < -0.39 is 17.7 Å². The van der Waals surface area contributed by atoms with Gasteiger partial charge in [0.05, 0.1) is 31.2 Å². The lowest BCUT2D eigenvalue weighted by molar-refractivity contribution is -0.137. The standard InChI is InChI=1S/C11H13F3N3O2P3/c1-2-18-9-15-22-16-10(21-17-20-9)19-8-5-3-4-7(6-8)11(12,13)14/h3-6,9-10,20H,2H2,1H3,(H,15,16). The van der Waals surface area contributed by atoms with E-state index in [0.29, 0.717) is 23.5 Å². The molecular formula is C11H13F3N3O2P3. The van der Waals surface area contributed by atoms with Crippen molar-refractivity contribution in [1.29, 1.82) is 0 Å². The van der Waals surface area contributed by atoms with Crippen molar-refractivity contribution in [3.8, 4) is 5.75 Å². The minimum Gasteiger partial charge on any atom is -0.459 e. The zero-order valence-electron chi connectivity index (χ0n) is 11.4. The van der Waals surface area contributed by atoms with E-state index in [9.17, 15) is 13.2 Å². The number of rotatable bonds is 4. The zero-order valence-corrected chi connectivity index (χ0v) is 14.2. The molecule has 0 aromatic heterocycles. The SMILES string of the molecule is CCOC1NP=NC(Oc2cccc(C(F)(F)F)c2)P=NP1. The van der Waals surface area contributed by atoms with Crippen molar-refractivity contribution in [3.05, 3.63) is 29.8 Å². The topological polar surface area (TPSA) is 55.2 Å². The first-order valence-electron chi connectivity index (χ1n) is 6.25. The summed E-state index contributed by atoms with van der Waals surface area (Å²) < 4.78 is 57.3. The van der Waals surface area contributed by atoms with Crippen LogP contribution in [0, 0.1) is 0 Å². The van der Waals surface area contributed by atoms with E-state index in [2.05, 4.69) is 14.3 Å². The molecule has 0 aliphatic carbocycles. The van der Waals surface area contributed by atoms with Crippen molar-refractivity contribution >= 4 is 25.6 Å². The van der Waals surface area contributed by atoms with E-state index in [0.717, 1.165) is 12.1 Å². The molecule has 0 radical (unpaired) electrons. The number of benzene rings is 1. The third-order valence-corrected chi connectivity index (χ3v) is 5.39. The second-order valence-corrected chi connectivity index (χ2v) is 6.94. The molecule has 1 aliphatic heterocycles. The fourth-order valence-electron chi connectivity index (χ4n) is 1.48. The van der Waals surface area contributed by atoms with Crippen LogP contribution in [0.4, 0.5) is 13.2 Å². The average molecular weight is 369 g/mol. The lowest BCUT2D eigenvalue weighted by atomic mass is 10.2. The van der Waals surface area contributed by atoms with E-state index in [1.54, 1.807) is 0 Å². The Balaban J connectivity index is 2.02. The second kappa shape index (κ2) is 8.28. The predicted molar refractivity (Wildman–Crippen MR) is 81.4 cm³/mol. The Hall–Kier alpha value is -0.640. The largest absolute Gasteiger partial charge is 0.459 e. The summed E-state index contributed by atoms with van der Waals surface area (Å²) in [7, 11) is 1.27. The van der Waals surface area contributed by atoms with Gasteiger partial charge in [-0.1, -0.05) is 6.07 Å². The van der Waals surface area contributed by atoms with E-state index >= 15 is 0 Å². The molecule has 120 valence electrons. The smallest absolute Gasteiger partial charge is 0.416 e. The van der Waals surface area contributed by atoms with Gasteiger partial charge < -0.3 is 9.47 Å². The highest BCUT2D eigenvalue weighted by Crippen LogP contribution is 2.35. The number of nitrogens with one attached hydrogen (secondary N) is 1. The minimum atomic E-state index is -4.40. The van der Waals surface area contributed by atoms with Crippen LogP contribution in [0.5, 0.6) is 5.75 Å². The molecule has 0 spiro atoms. The Morgan fingerprint density at radius 2 is 2.23 bits per heavy atom. The molecule has 0 amide bonds. The maximum Gasteiger partial charge on any atom is 0.416 e. The first-order valence-corrected chi connectivity index (χ1v) is 9.04.